The third-order valence-electron chi connectivity index (χ3n) is 3.52. The van der Waals surface area contributed by atoms with E-state index in [-0.39, 0.29) is 22.8 Å². The molecule has 0 spiro atoms. The Bertz CT molecular complexity index is 954. The lowest BCUT2D eigenvalue weighted by Crippen LogP contribution is -1.87. The molecule has 0 atom stereocenters. The Morgan fingerprint density at radius 1 is 1.00 bits per heavy atom. The summed E-state index contributed by atoms with van der Waals surface area (Å²) in [5.74, 6) is 0.466. The molecule has 24 heavy (non-hydrogen) atoms. The molecule has 0 radical (unpaired) electrons. The van der Waals surface area contributed by atoms with Crippen molar-refractivity contribution in [2.24, 2.45) is 10.2 Å². The van der Waals surface area contributed by atoms with Crippen LogP contribution in [0, 0.1) is 10.1 Å². The number of nitro groups is 1. The molecule has 0 amide bonds. The number of rotatable bonds is 4. The van der Waals surface area contributed by atoms with Crippen LogP contribution in [-0.2, 0) is 0 Å². The van der Waals surface area contributed by atoms with E-state index in [0.717, 1.165) is 5.39 Å². The van der Waals surface area contributed by atoms with Crippen molar-refractivity contribution in [3.05, 3.63) is 64.7 Å². The number of methoxy groups -OCH3 is 1. The number of nitro benzene ring substituents is 1. The molecule has 0 heterocycles. The molecule has 3 aromatic rings. The van der Waals surface area contributed by atoms with Crippen molar-refractivity contribution in [2.75, 3.05) is 7.11 Å². The molecule has 0 aromatic heterocycles. The number of ether oxygens (including phenoxy) is 1. The molecule has 3 aromatic carbocycles. The summed E-state index contributed by atoms with van der Waals surface area (Å²) in [6, 6.07) is 14.7. The second-order valence-corrected chi connectivity index (χ2v) is 4.94. The van der Waals surface area contributed by atoms with E-state index in [1.807, 2.05) is 12.1 Å². The van der Waals surface area contributed by atoms with Gasteiger partial charge in [0.1, 0.15) is 11.4 Å². The monoisotopic (exact) mass is 323 g/mol. The fourth-order valence-electron chi connectivity index (χ4n) is 2.37. The summed E-state index contributed by atoms with van der Waals surface area (Å²) in [4.78, 5) is 10.5. The summed E-state index contributed by atoms with van der Waals surface area (Å²) < 4.78 is 5.32. The highest BCUT2D eigenvalue weighted by Gasteiger charge is 2.14. The Morgan fingerprint density at radius 2 is 1.62 bits per heavy atom. The number of fused-ring (bicyclic) bond motifs is 1. The Morgan fingerprint density at radius 3 is 2.33 bits per heavy atom. The van der Waals surface area contributed by atoms with Crippen molar-refractivity contribution in [1.82, 2.24) is 0 Å². The lowest BCUT2D eigenvalue weighted by atomic mass is 10.1. The number of azo groups is 1. The van der Waals surface area contributed by atoms with Gasteiger partial charge < -0.3 is 9.84 Å². The number of phenols is 1. The molecule has 0 bridgehead atoms. The van der Waals surface area contributed by atoms with Crippen molar-refractivity contribution < 1.29 is 14.8 Å². The zero-order chi connectivity index (χ0) is 17.1. The maximum atomic E-state index is 11.0. The highest BCUT2D eigenvalue weighted by atomic mass is 16.6. The van der Waals surface area contributed by atoms with E-state index in [4.69, 9.17) is 4.74 Å². The topological polar surface area (TPSA) is 97.3 Å². The molecule has 7 heteroatoms. The summed E-state index contributed by atoms with van der Waals surface area (Å²) in [6.07, 6.45) is 0. The predicted molar refractivity (Wildman–Crippen MR) is 89.4 cm³/mol. The van der Waals surface area contributed by atoms with E-state index in [1.54, 1.807) is 24.3 Å². The normalized spacial score (nSPS) is 11.0. The van der Waals surface area contributed by atoms with Gasteiger partial charge in [0.15, 0.2) is 11.4 Å². The van der Waals surface area contributed by atoms with Gasteiger partial charge in [0.2, 0.25) is 0 Å². The van der Waals surface area contributed by atoms with Gasteiger partial charge in [-0.05, 0) is 6.07 Å². The van der Waals surface area contributed by atoms with Crippen molar-refractivity contribution >= 4 is 27.8 Å². The first-order valence-corrected chi connectivity index (χ1v) is 7.05. The van der Waals surface area contributed by atoms with E-state index in [2.05, 4.69) is 10.2 Å². The van der Waals surface area contributed by atoms with Gasteiger partial charge in [-0.2, -0.15) is 0 Å². The van der Waals surface area contributed by atoms with Crippen LogP contribution in [0.15, 0.2) is 64.8 Å². The first kappa shape index (κ1) is 15.4. The van der Waals surface area contributed by atoms with Crippen LogP contribution in [0.3, 0.4) is 0 Å². The predicted octanol–water partition coefficient (Wildman–Crippen LogP) is 4.88. The van der Waals surface area contributed by atoms with Gasteiger partial charge in [-0.15, -0.1) is 10.2 Å². The zero-order valence-electron chi connectivity index (χ0n) is 12.7. The van der Waals surface area contributed by atoms with Crippen LogP contribution in [0.2, 0.25) is 0 Å². The molecular weight excluding hydrogens is 310 g/mol. The van der Waals surface area contributed by atoms with Crippen molar-refractivity contribution in [3.8, 4) is 11.5 Å². The molecule has 0 aliphatic rings. The summed E-state index contributed by atoms with van der Waals surface area (Å²) in [5.41, 5.74) is 0.117. The van der Waals surface area contributed by atoms with E-state index in [1.165, 1.54) is 25.3 Å². The summed E-state index contributed by atoms with van der Waals surface area (Å²) in [5, 5.41) is 30.6. The highest BCUT2D eigenvalue weighted by Crippen LogP contribution is 2.41. The van der Waals surface area contributed by atoms with Crippen molar-refractivity contribution in [1.29, 1.82) is 0 Å². The molecule has 0 aliphatic carbocycles. The van der Waals surface area contributed by atoms with Gasteiger partial charge in [-0.3, -0.25) is 10.1 Å². The largest absolute Gasteiger partial charge is 0.505 e. The molecule has 0 unspecified atom stereocenters. The van der Waals surface area contributed by atoms with Crippen LogP contribution >= 0.6 is 0 Å². The Hall–Kier alpha value is -3.48. The fraction of sp³-hybridized carbons (Fsp3) is 0.0588. The number of para-hydroxylation sites is 1. The van der Waals surface area contributed by atoms with E-state index in [0.29, 0.717) is 11.1 Å². The first-order valence-electron chi connectivity index (χ1n) is 7.05. The number of hydrogen-bond acceptors (Lipinski definition) is 6. The molecule has 0 saturated carbocycles. The molecule has 0 aliphatic heterocycles. The second kappa shape index (κ2) is 6.33. The Balaban J connectivity index is 2.11. The van der Waals surface area contributed by atoms with E-state index in [9.17, 15) is 15.2 Å². The fourth-order valence-corrected chi connectivity index (χ4v) is 2.37. The summed E-state index contributed by atoms with van der Waals surface area (Å²) >= 11 is 0. The Labute approximate surface area is 137 Å². The lowest BCUT2D eigenvalue weighted by molar-refractivity contribution is -0.384. The van der Waals surface area contributed by atoms with Gasteiger partial charge in [-0.25, -0.2) is 0 Å². The molecular formula is C17H13N3O4. The van der Waals surface area contributed by atoms with E-state index >= 15 is 0 Å². The minimum atomic E-state index is -0.533. The smallest absolute Gasteiger partial charge is 0.296 e. The number of phenolic OH excluding ortho intramolecular Hbond substituents is 1. The first-order chi connectivity index (χ1) is 11.6. The third kappa shape index (κ3) is 2.74. The summed E-state index contributed by atoms with van der Waals surface area (Å²) in [6.45, 7) is 0. The second-order valence-electron chi connectivity index (χ2n) is 4.94. The van der Waals surface area contributed by atoms with Gasteiger partial charge >= 0.3 is 0 Å². The molecule has 120 valence electrons. The van der Waals surface area contributed by atoms with Gasteiger partial charge in [0, 0.05) is 22.9 Å². The van der Waals surface area contributed by atoms with E-state index < -0.39 is 4.92 Å². The highest BCUT2D eigenvalue weighted by molar-refractivity contribution is 5.97. The lowest BCUT2D eigenvalue weighted by Gasteiger charge is -2.09. The van der Waals surface area contributed by atoms with Crippen LogP contribution in [-0.4, -0.2) is 17.1 Å². The quantitative estimate of drug-likeness (QED) is 0.420. The SMILES string of the molecule is COc1cc(N=Nc2ccccc2[N+](=O)[O-])c(O)c2ccccc12. The van der Waals surface area contributed by atoms with Crippen LogP contribution in [0.4, 0.5) is 17.1 Å². The Kier molecular flexibility index (Phi) is 4.07. The molecule has 3 rings (SSSR count). The minimum Gasteiger partial charge on any atom is -0.505 e. The molecule has 0 fully saturated rings. The summed E-state index contributed by atoms with van der Waals surface area (Å²) in [7, 11) is 1.52. The number of aromatic hydroxyl groups is 1. The maximum Gasteiger partial charge on any atom is 0.296 e. The number of benzene rings is 3. The molecule has 1 N–H and O–H groups in total. The van der Waals surface area contributed by atoms with Crippen molar-refractivity contribution in [3.63, 3.8) is 0 Å². The number of hydrogen-bond donors (Lipinski definition) is 1. The standard InChI is InChI=1S/C17H13N3O4/c1-24-16-10-14(17(21)12-7-3-2-6-11(12)16)19-18-13-8-4-5-9-15(13)20(22)23/h2-10,21H,1H3. The number of nitrogens with zero attached hydrogens (tertiary/aromatic N) is 3. The van der Waals surface area contributed by atoms with Gasteiger partial charge in [-0.1, -0.05) is 36.4 Å². The zero-order valence-corrected chi connectivity index (χ0v) is 12.7. The third-order valence-corrected chi connectivity index (χ3v) is 3.52. The average Bonchev–Trinajstić information content (AvgIpc) is 2.61. The van der Waals surface area contributed by atoms with Crippen LogP contribution < -0.4 is 4.74 Å². The average molecular weight is 323 g/mol. The van der Waals surface area contributed by atoms with Crippen molar-refractivity contribution in [2.45, 2.75) is 0 Å². The van der Waals surface area contributed by atoms with Crippen LogP contribution in [0.25, 0.3) is 10.8 Å². The maximum absolute atomic E-state index is 11.0. The molecule has 7 nitrogen and oxygen atoms in total. The van der Waals surface area contributed by atoms with Crippen LogP contribution in [0.1, 0.15) is 0 Å². The molecule has 0 saturated heterocycles. The minimum absolute atomic E-state index is 0.0614. The van der Waals surface area contributed by atoms with Crippen LogP contribution in [0.5, 0.6) is 11.5 Å². The van der Waals surface area contributed by atoms with Gasteiger partial charge in [0.05, 0.1) is 12.0 Å². The van der Waals surface area contributed by atoms with Gasteiger partial charge in [0.25, 0.3) is 5.69 Å².